The van der Waals surface area contributed by atoms with E-state index in [-0.39, 0.29) is 4.90 Å². The Morgan fingerprint density at radius 3 is 2.61 bits per heavy atom. The van der Waals surface area contributed by atoms with Crippen LogP contribution in [0.1, 0.15) is 0 Å². The van der Waals surface area contributed by atoms with Gasteiger partial charge in [0.2, 0.25) is 0 Å². The molecule has 0 fully saturated rings. The van der Waals surface area contributed by atoms with Gasteiger partial charge in [-0.15, -0.1) is 0 Å². The number of hydrogen-bond acceptors (Lipinski definition) is 3. The SMILES string of the molecule is O=S(=O)(c1ccccc1)n1c[c]c2cccnc21. The fourth-order valence-corrected chi connectivity index (χ4v) is 3.06. The van der Waals surface area contributed by atoms with E-state index in [2.05, 4.69) is 11.1 Å². The van der Waals surface area contributed by atoms with Gasteiger partial charge in [0.05, 0.1) is 4.90 Å². The second-order valence-electron chi connectivity index (χ2n) is 3.76. The summed E-state index contributed by atoms with van der Waals surface area (Å²) in [6, 6.07) is 14.7. The molecule has 0 aliphatic rings. The molecule has 0 atom stereocenters. The van der Waals surface area contributed by atoms with Crippen molar-refractivity contribution in [1.29, 1.82) is 0 Å². The molecule has 18 heavy (non-hydrogen) atoms. The fourth-order valence-electron chi connectivity index (χ4n) is 1.76. The quantitative estimate of drug-likeness (QED) is 0.706. The molecule has 3 aromatic rings. The summed E-state index contributed by atoms with van der Waals surface area (Å²) in [6.45, 7) is 0. The minimum Gasteiger partial charge on any atom is -0.237 e. The predicted molar refractivity (Wildman–Crippen MR) is 67.6 cm³/mol. The number of nitrogens with zero attached hydrogens (tertiary/aromatic N) is 2. The van der Waals surface area contributed by atoms with Crippen LogP contribution in [-0.4, -0.2) is 17.4 Å². The third-order valence-corrected chi connectivity index (χ3v) is 4.30. The van der Waals surface area contributed by atoms with E-state index < -0.39 is 10.0 Å². The lowest BCUT2D eigenvalue weighted by Crippen LogP contribution is -2.12. The fraction of sp³-hybridized carbons (Fsp3) is 0. The van der Waals surface area contributed by atoms with Crippen LogP contribution < -0.4 is 0 Å². The first-order valence-electron chi connectivity index (χ1n) is 5.34. The summed E-state index contributed by atoms with van der Waals surface area (Å²) < 4.78 is 26.0. The average molecular weight is 257 g/mol. The summed E-state index contributed by atoms with van der Waals surface area (Å²) in [5, 5.41) is 0.678. The van der Waals surface area contributed by atoms with Crippen molar-refractivity contribution in [2.24, 2.45) is 0 Å². The first-order chi connectivity index (χ1) is 8.69. The van der Waals surface area contributed by atoms with Crippen LogP contribution in [0.2, 0.25) is 0 Å². The minimum atomic E-state index is -3.60. The lowest BCUT2D eigenvalue weighted by molar-refractivity contribution is 0.589. The van der Waals surface area contributed by atoms with E-state index in [1.54, 1.807) is 48.7 Å². The van der Waals surface area contributed by atoms with Gasteiger partial charge in [-0.1, -0.05) is 18.2 Å². The van der Waals surface area contributed by atoms with Gasteiger partial charge in [0.15, 0.2) is 5.65 Å². The van der Waals surface area contributed by atoms with Crippen LogP contribution >= 0.6 is 0 Å². The second kappa shape index (κ2) is 3.96. The van der Waals surface area contributed by atoms with Crippen molar-refractivity contribution in [2.75, 3.05) is 0 Å². The van der Waals surface area contributed by atoms with Crippen LogP contribution in [0.25, 0.3) is 11.0 Å². The third kappa shape index (κ3) is 1.60. The van der Waals surface area contributed by atoms with E-state index >= 15 is 0 Å². The van der Waals surface area contributed by atoms with Gasteiger partial charge in [-0.25, -0.2) is 17.4 Å². The summed E-state index contributed by atoms with van der Waals surface area (Å²) in [7, 11) is -3.60. The molecule has 1 aromatic carbocycles. The van der Waals surface area contributed by atoms with Crippen molar-refractivity contribution in [3.8, 4) is 0 Å². The lowest BCUT2D eigenvalue weighted by Gasteiger charge is -2.06. The standard InChI is InChI=1S/C13H9N2O2S/c16-18(17,12-6-2-1-3-7-12)15-10-8-11-5-4-9-14-13(11)15/h1-7,9-10H. The van der Waals surface area contributed by atoms with E-state index in [1.807, 2.05) is 0 Å². The van der Waals surface area contributed by atoms with E-state index in [0.29, 0.717) is 11.0 Å². The third-order valence-electron chi connectivity index (χ3n) is 2.63. The molecule has 0 saturated heterocycles. The van der Waals surface area contributed by atoms with Crippen molar-refractivity contribution in [3.63, 3.8) is 0 Å². The molecule has 2 aromatic heterocycles. The molecule has 1 radical (unpaired) electrons. The zero-order valence-electron chi connectivity index (χ0n) is 9.32. The summed E-state index contributed by atoms with van der Waals surface area (Å²) in [5.41, 5.74) is 0.390. The minimum absolute atomic E-state index is 0.238. The van der Waals surface area contributed by atoms with Crippen molar-refractivity contribution >= 4 is 21.1 Å². The zero-order chi connectivity index (χ0) is 12.6. The van der Waals surface area contributed by atoms with Crippen molar-refractivity contribution in [3.05, 3.63) is 60.9 Å². The molecule has 3 rings (SSSR count). The topological polar surface area (TPSA) is 52.0 Å². The molecule has 0 unspecified atom stereocenters. The Morgan fingerprint density at radius 1 is 1.06 bits per heavy atom. The maximum atomic E-state index is 12.4. The van der Waals surface area contributed by atoms with Crippen LogP contribution in [0.15, 0.2) is 59.8 Å². The Balaban J connectivity index is 2.27. The van der Waals surface area contributed by atoms with Gasteiger partial charge in [0.25, 0.3) is 10.0 Å². The highest BCUT2D eigenvalue weighted by Gasteiger charge is 2.18. The van der Waals surface area contributed by atoms with E-state index in [1.165, 1.54) is 6.20 Å². The molecule has 0 bridgehead atoms. The molecule has 89 valence electrons. The molecule has 0 amide bonds. The number of benzene rings is 1. The molecule has 5 heteroatoms. The monoisotopic (exact) mass is 257 g/mol. The molecule has 0 saturated carbocycles. The summed E-state index contributed by atoms with van der Waals surface area (Å²) in [6.07, 6.45) is 2.97. The smallest absolute Gasteiger partial charge is 0.237 e. The number of fused-ring (bicyclic) bond motifs is 1. The normalized spacial score (nSPS) is 11.8. The van der Waals surface area contributed by atoms with E-state index in [0.717, 1.165) is 3.97 Å². The van der Waals surface area contributed by atoms with E-state index in [9.17, 15) is 8.42 Å². The van der Waals surface area contributed by atoms with Gasteiger partial charge in [-0.05, 0) is 24.3 Å². The lowest BCUT2D eigenvalue weighted by atomic mass is 10.3. The number of hydrogen-bond donors (Lipinski definition) is 0. The molecule has 0 N–H and O–H groups in total. The van der Waals surface area contributed by atoms with Crippen LogP contribution in [0.5, 0.6) is 0 Å². The van der Waals surface area contributed by atoms with Crippen molar-refractivity contribution in [2.45, 2.75) is 4.90 Å². The Bertz CT molecular complexity index is 792. The summed E-state index contributed by atoms with van der Waals surface area (Å²) in [5.74, 6) is 0. The Kier molecular flexibility index (Phi) is 2.41. The Morgan fingerprint density at radius 2 is 1.83 bits per heavy atom. The summed E-state index contributed by atoms with van der Waals surface area (Å²) >= 11 is 0. The maximum Gasteiger partial charge on any atom is 0.269 e. The first kappa shape index (κ1) is 11.0. The van der Waals surface area contributed by atoms with Gasteiger partial charge >= 0.3 is 0 Å². The first-order valence-corrected chi connectivity index (χ1v) is 6.78. The van der Waals surface area contributed by atoms with Crippen LogP contribution in [0, 0.1) is 6.07 Å². The average Bonchev–Trinajstić information content (AvgIpc) is 2.84. The van der Waals surface area contributed by atoms with Gasteiger partial charge in [-0.3, -0.25) is 0 Å². The highest BCUT2D eigenvalue weighted by atomic mass is 32.2. The molecule has 0 spiro atoms. The van der Waals surface area contributed by atoms with Crippen LogP contribution in [0.3, 0.4) is 0 Å². The highest BCUT2D eigenvalue weighted by Crippen LogP contribution is 2.19. The molecular formula is C13H9N2O2S. The van der Waals surface area contributed by atoms with E-state index in [4.69, 9.17) is 0 Å². The van der Waals surface area contributed by atoms with Crippen LogP contribution in [-0.2, 0) is 10.0 Å². The van der Waals surface area contributed by atoms with Crippen molar-refractivity contribution < 1.29 is 8.42 Å². The number of pyridine rings is 1. The predicted octanol–water partition coefficient (Wildman–Crippen LogP) is 2.07. The molecule has 0 aliphatic carbocycles. The maximum absolute atomic E-state index is 12.4. The van der Waals surface area contributed by atoms with Gasteiger partial charge in [-0.2, -0.15) is 0 Å². The van der Waals surface area contributed by atoms with Gasteiger partial charge < -0.3 is 0 Å². The second-order valence-corrected chi connectivity index (χ2v) is 5.58. The Hall–Kier alpha value is -2.14. The summed E-state index contributed by atoms with van der Waals surface area (Å²) in [4.78, 5) is 4.32. The van der Waals surface area contributed by atoms with Crippen LogP contribution in [0.4, 0.5) is 0 Å². The number of rotatable bonds is 2. The van der Waals surface area contributed by atoms with Gasteiger partial charge in [0.1, 0.15) is 0 Å². The zero-order valence-corrected chi connectivity index (χ0v) is 10.1. The molecule has 0 aliphatic heterocycles. The van der Waals surface area contributed by atoms with Crippen molar-refractivity contribution in [1.82, 2.24) is 8.96 Å². The number of aromatic nitrogens is 2. The molecular weight excluding hydrogens is 248 g/mol. The van der Waals surface area contributed by atoms with Gasteiger partial charge in [0, 0.05) is 23.8 Å². The molecule has 2 heterocycles. The molecule has 4 nitrogen and oxygen atoms in total. The highest BCUT2D eigenvalue weighted by molar-refractivity contribution is 7.90. The largest absolute Gasteiger partial charge is 0.269 e. The Labute approximate surface area is 105 Å².